The van der Waals surface area contributed by atoms with Gasteiger partial charge in [-0.25, -0.2) is 0 Å². The van der Waals surface area contributed by atoms with Crippen molar-refractivity contribution in [1.29, 1.82) is 0 Å². The summed E-state index contributed by atoms with van der Waals surface area (Å²) in [6.07, 6.45) is 2.17. The molecule has 6 rings (SSSR count). The van der Waals surface area contributed by atoms with Crippen LogP contribution in [0.25, 0.3) is 21.9 Å². The van der Waals surface area contributed by atoms with E-state index >= 15 is 0 Å². The molecule has 0 saturated carbocycles. The Balaban J connectivity index is 1.75. The van der Waals surface area contributed by atoms with Gasteiger partial charge in [0.1, 0.15) is 0 Å². The van der Waals surface area contributed by atoms with Gasteiger partial charge in [0.25, 0.3) is 5.69 Å². The fourth-order valence-electron chi connectivity index (χ4n) is 4.64. The van der Waals surface area contributed by atoms with Gasteiger partial charge in [-0.2, -0.15) is 0 Å². The Bertz CT molecular complexity index is 1570. The number of nitro groups is 1. The molecule has 0 unspecified atom stereocenters. The Morgan fingerprint density at radius 3 is 2.38 bits per heavy atom. The summed E-state index contributed by atoms with van der Waals surface area (Å²) in [6, 6.07) is 24.5. The molecule has 0 aliphatic carbocycles. The van der Waals surface area contributed by atoms with Gasteiger partial charge in [-0.1, -0.05) is 53.9 Å². The van der Waals surface area contributed by atoms with Crippen molar-refractivity contribution in [2.45, 2.75) is 14.7 Å². The van der Waals surface area contributed by atoms with E-state index in [4.69, 9.17) is 0 Å². The third kappa shape index (κ3) is 3.33. The van der Waals surface area contributed by atoms with Crippen LogP contribution in [0.1, 0.15) is 16.7 Å². The van der Waals surface area contributed by atoms with Crippen LogP contribution >= 0.6 is 23.5 Å². The predicted molar refractivity (Wildman–Crippen MR) is 143 cm³/mol. The van der Waals surface area contributed by atoms with Crippen molar-refractivity contribution in [2.24, 2.45) is 0 Å². The highest BCUT2D eigenvalue weighted by Crippen LogP contribution is 2.52. The Kier molecular flexibility index (Phi) is 5.01. The average molecular weight is 481 g/mol. The van der Waals surface area contributed by atoms with E-state index in [-0.39, 0.29) is 10.6 Å². The molecule has 2 aliphatic rings. The minimum atomic E-state index is -0.311. The molecule has 4 aromatic carbocycles. The third-order valence-electron chi connectivity index (χ3n) is 6.27. The second-order valence-corrected chi connectivity index (χ2v) is 10.5. The standard InChI is InChI=1S/C28H20N2O2S2/c1-29(2)18-8-11-24-22(15-18)27(23-16-19(30(31)32)9-12-25(23)34-24)21-13-14-33-26-10-7-17-5-3-4-6-20(17)28(21)26/h3-16H,1-2H3/b27-21-. The molecule has 0 N–H and O–H groups in total. The van der Waals surface area contributed by atoms with Crippen molar-refractivity contribution in [3.8, 4) is 0 Å². The van der Waals surface area contributed by atoms with E-state index in [2.05, 4.69) is 71.0 Å². The minimum absolute atomic E-state index is 0.108. The van der Waals surface area contributed by atoms with Crippen LogP contribution in [0.2, 0.25) is 0 Å². The number of anilines is 1. The molecule has 166 valence electrons. The lowest BCUT2D eigenvalue weighted by atomic mass is 9.86. The predicted octanol–water partition coefficient (Wildman–Crippen LogP) is 7.86. The van der Waals surface area contributed by atoms with Gasteiger partial charge in [0, 0.05) is 57.7 Å². The molecule has 0 atom stereocenters. The van der Waals surface area contributed by atoms with E-state index in [1.807, 2.05) is 20.2 Å². The number of thioether (sulfide) groups is 1. The SMILES string of the molecule is CN(C)c1ccc2c(c1)/C(=C1\C=CSc3ccc4ccccc4c31)c1cc([N+](=O)[O-])ccc1S2. The first kappa shape index (κ1) is 21.1. The minimum Gasteiger partial charge on any atom is -0.378 e. The van der Waals surface area contributed by atoms with Gasteiger partial charge >= 0.3 is 0 Å². The van der Waals surface area contributed by atoms with Crippen LogP contribution in [-0.4, -0.2) is 19.0 Å². The van der Waals surface area contributed by atoms with Gasteiger partial charge in [-0.05, 0) is 69.3 Å². The maximum absolute atomic E-state index is 11.7. The quantitative estimate of drug-likeness (QED) is 0.190. The highest BCUT2D eigenvalue weighted by molar-refractivity contribution is 8.02. The van der Waals surface area contributed by atoms with Crippen LogP contribution in [0, 0.1) is 10.1 Å². The van der Waals surface area contributed by atoms with E-state index in [0.717, 1.165) is 37.8 Å². The molecule has 4 nitrogen and oxygen atoms in total. The maximum Gasteiger partial charge on any atom is 0.270 e. The first-order valence-electron chi connectivity index (χ1n) is 10.9. The highest BCUT2D eigenvalue weighted by atomic mass is 32.2. The number of hydrogen-bond acceptors (Lipinski definition) is 5. The van der Waals surface area contributed by atoms with Crippen molar-refractivity contribution in [3.63, 3.8) is 0 Å². The zero-order chi connectivity index (χ0) is 23.4. The molecular formula is C28H20N2O2S2. The number of fused-ring (bicyclic) bond motifs is 5. The van der Waals surface area contributed by atoms with Gasteiger partial charge in [-0.3, -0.25) is 10.1 Å². The third-order valence-corrected chi connectivity index (χ3v) is 8.29. The first-order valence-corrected chi connectivity index (χ1v) is 12.6. The zero-order valence-electron chi connectivity index (χ0n) is 18.6. The van der Waals surface area contributed by atoms with Gasteiger partial charge in [0.05, 0.1) is 4.92 Å². The Morgan fingerprint density at radius 2 is 1.59 bits per heavy atom. The molecule has 0 aromatic heterocycles. The molecule has 0 bridgehead atoms. The van der Waals surface area contributed by atoms with Crippen molar-refractivity contribution >= 4 is 56.8 Å². The van der Waals surface area contributed by atoms with Crippen LogP contribution in [-0.2, 0) is 0 Å². The molecule has 0 fully saturated rings. The summed E-state index contributed by atoms with van der Waals surface area (Å²) in [5.41, 5.74) is 6.56. The second-order valence-electron chi connectivity index (χ2n) is 8.48. The average Bonchev–Trinajstić information content (AvgIpc) is 2.86. The highest BCUT2D eigenvalue weighted by Gasteiger charge is 2.28. The van der Waals surface area contributed by atoms with Crippen molar-refractivity contribution in [1.82, 2.24) is 0 Å². The fourth-order valence-corrected chi connectivity index (χ4v) is 6.53. The molecule has 0 saturated heterocycles. The lowest BCUT2D eigenvalue weighted by Crippen LogP contribution is -2.10. The van der Waals surface area contributed by atoms with Crippen LogP contribution in [0.3, 0.4) is 0 Å². The lowest BCUT2D eigenvalue weighted by molar-refractivity contribution is -0.384. The van der Waals surface area contributed by atoms with E-state index in [9.17, 15) is 10.1 Å². The molecule has 2 heterocycles. The summed E-state index contributed by atoms with van der Waals surface area (Å²) in [7, 11) is 4.06. The number of non-ortho nitro benzene ring substituents is 1. The number of benzene rings is 4. The van der Waals surface area contributed by atoms with Gasteiger partial charge in [0.2, 0.25) is 0 Å². The van der Waals surface area contributed by atoms with Crippen molar-refractivity contribution in [3.05, 3.63) is 111 Å². The van der Waals surface area contributed by atoms with E-state index in [1.54, 1.807) is 35.7 Å². The molecule has 2 aliphatic heterocycles. The maximum atomic E-state index is 11.7. The number of allylic oxidation sites excluding steroid dienone is 2. The van der Waals surface area contributed by atoms with Crippen LogP contribution in [0.4, 0.5) is 11.4 Å². The second kappa shape index (κ2) is 8.08. The van der Waals surface area contributed by atoms with E-state index in [0.29, 0.717) is 0 Å². The summed E-state index contributed by atoms with van der Waals surface area (Å²) < 4.78 is 0. The molecule has 0 spiro atoms. The Labute approximate surface area is 206 Å². The van der Waals surface area contributed by atoms with Crippen LogP contribution in [0.5, 0.6) is 0 Å². The van der Waals surface area contributed by atoms with Gasteiger partial charge in [-0.15, -0.1) is 0 Å². The van der Waals surface area contributed by atoms with Gasteiger partial charge in [0.15, 0.2) is 0 Å². The van der Waals surface area contributed by atoms with Crippen LogP contribution in [0.15, 0.2) is 99.0 Å². The van der Waals surface area contributed by atoms with Crippen molar-refractivity contribution in [2.75, 3.05) is 19.0 Å². The topological polar surface area (TPSA) is 46.4 Å². The zero-order valence-corrected chi connectivity index (χ0v) is 20.2. The van der Waals surface area contributed by atoms with Gasteiger partial charge < -0.3 is 4.90 Å². The number of rotatable bonds is 2. The molecule has 4 aromatic rings. The Hall–Kier alpha value is -3.48. The molecule has 6 heteroatoms. The molecule has 34 heavy (non-hydrogen) atoms. The monoisotopic (exact) mass is 480 g/mol. The molecule has 0 amide bonds. The largest absolute Gasteiger partial charge is 0.378 e. The summed E-state index contributed by atoms with van der Waals surface area (Å²) in [5, 5.41) is 16.2. The Morgan fingerprint density at radius 1 is 0.853 bits per heavy atom. The van der Waals surface area contributed by atoms with E-state index < -0.39 is 0 Å². The number of hydrogen-bond donors (Lipinski definition) is 0. The molecular weight excluding hydrogens is 460 g/mol. The van der Waals surface area contributed by atoms with Crippen molar-refractivity contribution < 1.29 is 4.92 Å². The summed E-state index contributed by atoms with van der Waals surface area (Å²) in [4.78, 5) is 16.9. The first-order chi connectivity index (χ1) is 16.5. The normalized spacial score (nSPS) is 16.1. The summed E-state index contributed by atoms with van der Waals surface area (Å²) in [5.74, 6) is 0. The summed E-state index contributed by atoms with van der Waals surface area (Å²) >= 11 is 3.39. The molecule has 0 radical (unpaired) electrons. The fraction of sp³-hybridized carbons (Fsp3) is 0.0714. The van der Waals surface area contributed by atoms with E-state index in [1.165, 1.54) is 21.2 Å². The lowest BCUT2D eigenvalue weighted by Gasteiger charge is -2.28. The number of nitrogens with zero attached hydrogens (tertiary/aromatic N) is 2. The number of nitro benzene ring substituents is 1. The summed E-state index contributed by atoms with van der Waals surface area (Å²) in [6.45, 7) is 0. The smallest absolute Gasteiger partial charge is 0.270 e. The van der Waals surface area contributed by atoms with Crippen LogP contribution < -0.4 is 4.90 Å².